The summed E-state index contributed by atoms with van der Waals surface area (Å²) in [4.78, 5) is 15.7. The van der Waals surface area contributed by atoms with E-state index >= 15 is 0 Å². The topological polar surface area (TPSA) is 89.3 Å². The third kappa shape index (κ3) is 6.55. The zero-order valence-electron chi connectivity index (χ0n) is 22.8. The smallest absolute Gasteiger partial charge is 0.384 e. The van der Waals surface area contributed by atoms with Gasteiger partial charge in [0.1, 0.15) is 23.7 Å². The molecule has 1 aliphatic rings. The molecular formula is C31H34N2O6S. The number of fused-ring (bicyclic) bond motifs is 1. The number of piperidine rings is 1. The average molecular weight is 563 g/mol. The van der Waals surface area contributed by atoms with E-state index in [2.05, 4.69) is 4.90 Å². The largest absolute Gasteiger partial charge is 0.492 e. The van der Waals surface area contributed by atoms with Gasteiger partial charge in [-0.2, -0.15) is 12.7 Å². The van der Waals surface area contributed by atoms with Crippen LogP contribution in [0.25, 0.3) is 22.1 Å². The average Bonchev–Trinajstić information content (AvgIpc) is 2.94. The molecule has 1 saturated heterocycles. The normalized spacial score (nSPS) is 14.5. The fourth-order valence-corrected chi connectivity index (χ4v) is 5.45. The molecule has 8 nitrogen and oxygen atoms in total. The van der Waals surface area contributed by atoms with Crippen LogP contribution in [0, 0.1) is 0 Å². The van der Waals surface area contributed by atoms with Crippen LogP contribution in [0.15, 0.2) is 82.0 Å². The number of ether oxygens (including phenoxy) is 1. The Balaban J connectivity index is 1.43. The Morgan fingerprint density at radius 1 is 0.900 bits per heavy atom. The Bertz CT molecular complexity index is 1610. The van der Waals surface area contributed by atoms with Gasteiger partial charge in [0, 0.05) is 32.1 Å². The number of benzene rings is 3. The van der Waals surface area contributed by atoms with Gasteiger partial charge in [-0.05, 0) is 73.3 Å². The lowest BCUT2D eigenvalue weighted by molar-refractivity contribution is 0.183. The lowest BCUT2D eigenvalue weighted by Gasteiger charge is -2.26. The molecule has 1 aromatic heterocycles. The quantitative estimate of drug-likeness (QED) is 0.249. The minimum Gasteiger partial charge on any atom is -0.492 e. The van der Waals surface area contributed by atoms with E-state index in [9.17, 15) is 13.2 Å². The second-order valence-corrected chi connectivity index (χ2v) is 11.9. The van der Waals surface area contributed by atoms with E-state index in [-0.39, 0.29) is 11.3 Å². The van der Waals surface area contributed by atoms with Gasteiger partial charge in [-0.1, -0.05) is 48.9 Å². The minimum atomic E-state index is -3.96. The van der Waals surface area contributed by atoms with Gasteiger partial charge < -0.3 is 13.3 Å². The summed E-state index contributed by atoms with van der Waals surface area (Å²) in [6.07, 6.45) is 4.30. The van der Waals surface area contributed by atoms with Gasteiger partial charge in [-0.3, -0.25) is 4.90 Å². The Morgan fingerprint density at radius 2 is 1.60 bits per heavy atom. The van der Waals surface area contributed by atoms with Crippen LogP contribution >= 0.6 is 0 Å². The summed E-state index contributed by atoms with van der Waals surface area (Å²) in [6.45, 7) is 3.86. The third-order valence-electron chi connectivity index (χ3n) is 7.13. The predicted molar refractivity (Wildman–Crippen MR) is 156 cm³/mol. The van der Waals surface area contributed by atoms with E-state index in [1.165, 1.54) is 39.4 Å². The third-order valence-corrected chi connectivity index (χ3v) is 8.42. The highest BCUT2D eigenvalue weighted by Crippen LogP contribution is 2.32. The van der Waals surface area contributed by atoms with Crippen molar-refractivity contribution in [3.8, 4) is 22.6 Å². The maximum Gasteiger partial charge on any atom is 0.384 e. The van der Waals surface area contributed by atoms with Crippen molar-refractivity contribution in [2.75, 3.05) is 40.3 Å². The summed E-state index contributed by atoms with van der Waals surface area (Å²) in [5.74, 6) is 0.874. The zero-order chi connectivity index (χ0) is 28.1. The minimum absolute atomic E-state index is 0.0637. The molecule has 0 bridgehead atoms. The Labute approximate surface area is 235 Å². The summed E-state index contributed by atoms with van der Waals surface area (Å²) < 4.78 is 42.3. The van der Waals surface area contributed by atoms with Crippen LogP contribution in [0.1, 0.15) is 30.4 Å². The first-order chi connectivity index (χ1) is 19.3. The molecule has 2 heterocycles. The van der Waals surface area contributed by atoms with E-state index < -0.39 is 15.9 Å². The number of hydrogen-bond acceptors (Lipinski definition) is 7. The summed E-state index contributed by atoms with van der Waals surface area (Å²) in [6, 6.07) is 22.1. The summed E-state index contributed by atoms with van der Waals surface area (Å²) in [7, 11) is -1.20. The first kappa shape index (κ1) is 27.9. The van der Waals surface area contributed by atoms with Gasteiger partial charge in [0.05, 0.1) is 5.56 Å². The molecule has 5 rings (SSSR count). The van der Waals surface area contributed by atoms with Gasteiger partial charge >= 0.3 is 15.9 Å². The molecule has 0 aliphatic carbocycles. The molecule has 0 radical (unpaired) electrons. The van der Waals surface area contributed by atoms with Gasteiger partial charge in [0.25, 0.3) is 0 Å². The summed E-state index contributed by atoms with van der Waals surface area (Å²) in [5.41, 5.74) is 2.77. The molecule has 0 atom stereocenters. The van der Waals surface area contributed by atoms with Crippen LogP contribution < -0.4 is 14.5 Å². The molecule has 0 unspecified atom stereocenters. The maximum absolute atomic E-state index is 13.3. The monoisotopic (exact) mass is 562 g/mol. The SMILES string of the molecule is CN(C)S(=O)(=O)Oc1ccc2c(Cc3ccc(OCCN4CCCCC4)cc3)c(-c3ccccc3)c(=O)oc2c1. The van der Waals surface area contributed by atoms with Gasteiger partial charge in [-0.25, -0.2) is 4.79 Å². The molecule has 0 N–H and O–H groups in total. The molecule has 0 amide bonds. The van der Waals surface area contributed by atoms with E-state index in [1.54, 1.807) is 12.1 Å². The van der Waals surface area contributed by atoms with Gasteiger partial charge in [-0.15, -0.1) is 0 Å². The van der Waals surface area contributed by atoms with Crippen LogP contribution in [-0.4, -0.2) is 58.0 Å². The molecule has 3 aromatic carbocycles. The zero-order valence-corrected chi connectivity index (χ0v) is 23.7. The molecule has 1 fully saturated rings. The van der Waals surface area contributed by atoms with Crippen molar-refractivity contribution in [2.24, 2.45) is 0 Å². The predicted octanol–water partition coefficient (Wildman–Crippen LogP) is 5.10. The molecular weight excluding hydrogens is 528 g/mol. The van der Waals surface area contributed by atoms with Crippen molar-refractivity contribution in [1.82, 2.24) is 9.21 Å². The van der Waals surface area contributed by atoms with Crippen molar-refractivity contribution in [3.05, 3.63) is 94.3 Å². The molecule has 0 spiro atoms. The summed E-state index contributed by atoms with van der Waals surface area (Å²) in [5, 5.41) is 0.704. The Morgan fingerprint density at radius 3 is 2.30 bits per heavy atom. The highest BCUT2D eigenvalue weighted by Gasteiger charge is 2.20. The van der Waals surface area contributed by atoms with Crippen molar-refractivity contribution in [3.63, 3.8) is 0 Å². The molecule has 210 valence electrons. The fourth-order valence-electron chi connectivity index (χ4n) is 4.96. The van der Waals surface area contributed by atoms with Crippen LogP contribution in [0.4, 0.5) is 0 Å². The van der Waals surface area contributed by atoms with Crippen LogP contribution in [0.2, 0.25) is 0 Å². The lowest BCUT2D eigenvalue weighted by Crippen LogP contribution is -2.33. The highest BCUT2D eigenvalue weighted by molar-refractivity contribution is 7.84. The van der Waals surface area contributed by atoms with E-state index in [0.29, 0.717) is 24.0 Å². The molecule has 1 aliphatic heterocycles. The van der Waals surface area contributed by atoms with Crippen molar-refractivity contribution < 1.29 is 21.8 Å². The maximum atomic E-state index is 13.3. The number of rotatable bonds is 10. The number of nitrogens with zero attached hydrogens (tertiary/aromatic N) is 2. The molecule has 4 aromatic rings. The fraction of sp³-hybridized carbons (Fsp3) is 0.323. The van der Waals surface area contributed by atoms with E-state index in [0.717, 1.165) is 46.4 Å². The second-order valence-electron chi connectivity index (χ2n) is 10.2. The van der Waals surface area contributed by atoms with E-state index in [1.807, 2.05) is 54.6 Å². The highest BCUT2D eigenvalue weighted by atomic mass is 32.2. The van der Waals surface area contributed by atoms with Gasteiger partial charge in [0.15, 0.2) is 0 Å². The molecule has 40 heavy (non-hydrogen) atoms. The van der Waals surface area contributed by atoms with Crippen molar-refractivity contribution >= 4 is 21.3 Å². The van der Waals surface area contributed by atoms with Crippen molar-refractivity contribution in [1.29, 1.82) is 0 Å². The first-order valence-corrected chi connectivity index (χ1v) is 14.9. The molecule has 9 heteroatoms. The molecule has 0 saturated carbocycles. The lowest BCUT2D eigenvalue weighted by atomic mass is 9.93. The Kier molecular flexibility index (Phi) is 8.54. The van der Waals surface area contributed by atoms with Gasteiger partial charge in [0.2, 0.25) is 0 Å². The first-order valence-electron chi connectivity index (χ1n) is 13.5. The van der Waals surface area contributed by atoms with Crippen LogP contribution in [0.5, 0.6) is 11.5 Å². The Hall–Kier alpha value is -3.66. The standard InChI is InChI=1S/C31H34N2O6S/c1-32(2)40(35,36)39-26-15-16-27-28(30(24-9-5-3-6-10-24)31(34)38-29(27)22-26)21-23-11-13-25(14-12-23)37-20-19-33-17-7-4-8-18-33/h3,5-6,9-16,22H,4,7-8,17-21H2,1-2H3. The second kappa shape index (κ2) is 12.2. The van der Waals surface area contributed by atoms with E-state index in [4.69, 9.17) is 13.3 Å². The van der Waals surface area contributed by atoms with Crippen LogP contribution in [-0.2, 0) is 16.7 Å². The summed E-state index contributed by atoms with van der Waals surface area (Å²) >= 11 is 0. The number of likely N-dealkylation sites (tertiary alicyclic amines) is 1. The van der Waals surface area contributed by atoms with Crippen molar-refractivity contribution in [2.45, 2.75) is 25.7 Å². The number of hydrogen-bond donors (Lipinski definition) is 0. The van der Waals surface area contributed by atoms with Crippen LogP contribution in [0.3, 0.4) is 0 Å².